The van der Waals surface area contributed by atoms with Crippen LogP contribution in [0.2, 0.25) is 0 Å². The van der Waals surface area contributed by atoms with E-state index in [9.17, 15) is 4.79 Å². The van der Waals surface area contributed by atoms with Crippen LogP contribution in [0.1, 0.15) is 87.2 Å². The summed E-state index contributed by atoms with van der Waals surface area (Å²) in [7, 11) is 0. The zero-order chi connectivity index (χ0) is 25.1. The summed E-state index contributed by atoms with van der Waals surface area (Å²) in [5, 5.41) is 0. The van der Waals surface area contributed by atoms with Gasteiger partial charge in [-0.25, -0.2) is 0 Å². The number of carbonyl (C=O) groups excluding carboxylic acids is 1. The molecule has 198 valence electrons. The lowest BCUT2D eigenvalue weighted by Crippen LogP contribution is -2.64. The van der Waals surface area contributed by atoms with Crippen LogP contribution in [-0.2, 0) is 9.53 Å². The summed E-state index contributed by atoms with van der Waals surface area (Å²) in [6.45, 7) is 5.47. The summed E-state index contributed by atoms with van der Waals surface area (Å²) in [6.07, 6.45) is 11.6. The van der Waals surface area contributed by atoms with Crippen molar-refractivity contribution in [3.63, 3.8) is 0 Å². The molecule has 0 radical (unpaired) electrons. The fourth-order valence-electron chi connectivity index (χ4n) is 8.27. The summed E-state index contributed by atoms with van der Waals surface area (Å²) in [5.74, 6) is 1.16. The molecule has 3 aliphatic carbocycles. The van der Waals surface area contributed by atoms with Gasteiger partial charge in [0.05, 0.1) is 6.42 Å². The van der Waals surface area contributed by atoms with E-state index >= 15 is 0 Å². The number of hydrogen-bond donors (Lipinski definition) is 0. The first-order valence-electron chi connectivity index (χ1n) is 15.0. The predicted molar refractivity (Wildman–Crippen MR) is 149 cm³/mol. The van der Waals surface area contributed by atoms with Crippen LogP contribution < -0.4 is 0 Å². The van der Waals surface area contributed by atoms with Gasteiger partial charge in [-0.3, -0.25) is 9.69 Å². The van der Waals surface area contributed by atoms with E-state index < -0.39 is 0 Å². The van der Waals surface area contributed by atoms with E-state index in [1.807, 2.05) is 0 Å². The van der Waals surface area contributed by atoms with Crippen LogP contribution in [0.4, 0.5) is 0 Å². The van der Waals surface area contributed by atoms with Crippen molar-refractivity contribution in [1.29, 1.82) is 0 Å². The highest BCUT2D eigenvalue weighted by molar-refractivity contribution is 5.70. The molecule has 37 heavy (non-hydrogen) atoms. The smallest absolute Gasteiger partial charge is 0.307 e. The molecule has 0 N–H and O–H groups in total. The molecular weight excluding hydrogens is 456 g/mol. The number of nitrogens with zero attached hydrogens (tertiary/aromatic N) is 2. The van der Waals surface area contributed by atoms with Crippen LogP contribution in [0.5, 0.6) is 0 Å². The summed E-state index contributed by atoms with van der Waals surface area (Å²) >= 11 is 0. The van der Waals surface area contributed by atoms with E-state index in [1.54, 1.807) is 0 Å². The fourth-order valence-corrected chi connectivity index (χ4v) is 8.27. The average molecular weight is 501 g/mol. The van der Waals surface area contributed by atoms with Gasteiger partial charge in [-0.2, -0.15) is 0 Å². The Morgan fingerprint density at radius 3 is 1.84 bits per heavy atom. The van der Waals surface area contributed by atoms with E-state index in [4.69, 9.17) is 4.74 Å². The number of carbonyl (C=O) groups is 1. The molecule has 0 aromatic heterocycles. The topological polar surface area (TPSA) is 32.8 Å². The molecule has 5 aliphatic rings. The molecule has 7 rings (SSSR count). The second-order valence-electron chi connectivity index (χ2n) is 12.2. The van der Waals surface area contributed by atoms with Crippen molar-refractivity contribution in [3.8, 4) is 0 Å². The molecular formula is C33H44N2O2. The molecule has 4 heteroatoms. The van der Waals surface area contributed by atoms with E-state index in [2.05, 4.69) is 70.5 Å². The third-order valence-electron chi connectivity index (χ3n) is 9.99. The Bertz CT molecular complexity index is 964. The Hall–Kier alpha value is -2.17. The lowest BCUT2D eigenvalue weighted by atomic mass is 9.51. The van der Waals surface area contributed by atoms with Gasteiger partial charge >= 0.3 is 5.97 Å². The maximum absolute atomic E-state index is 13.3. The van der Waals surface area contributed by atoms with E-state index in [0.717, 1.165) is 26.1 Å². The Morgan fingerprint density at radius 1 is 0.730 bits per heavy atom. The zero-order valence-electron chi connectivity index (χ0n) is 22.4. The van der Waals surface area contributed by atoms with E-state index in [1.165, 1.54) is 75.6 Å². The van der Waals surface area contributed by atoms with Crippen molar-refractivity contribution in [2.45, 2.75) is 87.7 Å². The van der Waals surface area contributed by atoms with Crippen molar-refractivity contribution in [3.05, 3.63) is 71.8 Å². The number of benzene rings is 2. The summed E-state index contributed by atoms with van der Waals surface area (Å²) in [5.41, 5.74) is 2.95. The highest BCUT2D eigenvalue weighted by Crippen LogP contribution is 2.60. The summed E-state index contributed by atoms with van der Waals surface area (Å²) in [4.78, 5) is 18.6. The van der Waals surface area contributed by atoms with Gasteiger partial charge in [0.2, 0.25) is 0 Å². The Morgan fingerprint density at radius 2 is 1.27 bits per heavy atom. The lowest BCUT2D eigenvalue weighted by molar-refractivity contribution is -0.170. The minimum absolute atomic E-state index is 0.00976. The average Bonchev–Trinajstić information content (AvgIpc) is 2.98. The first kappa shape index (κ1) is 25.1. The van der Waals surface area contributed by atoms with Gasteiger partial charge in [0, 0.05) is 24.4 Å². The largest absolute Gasteiger partial charge is 0.462 e. The van der Waals surface area contributed by atoms with Gasteiger partial charge in [-0.1, -0.05) is 73.5 Å². The number of piperidine rings is 2. The van der Waals surface area contributed by atoms with E-state index in [-0.39, 0.29) is 17.6 Å². The van der Waals surface area contributed by atoms with Gasteiger partial charge in [0.15, 0.2) is 0 Å². The molecule has 2 bridgehead atoms. The Balaban J connectivity index is 1.31. The summed E-state index contributed by atoms with van der Waals surface area (Å²) < 4.78 is 6.54. The van der Waals surface area contributed by atoms with Crippen molar-refractivity contribution >= 4 is 5.97 Å². The molecule has 2 aromatic carbocycles. The van der Waals surface area contributed by atoms with Crippen molar-refractivity contribution in [2.75, 3.05) is 32.7 Å². The molecule has 5 fully saturated rings. The number of hydrogen-bond acceptors (Lipinski definition) is 4. The Labute approximate surface area is 223 Å². The summed E-state index contributed by atoms with van der Waals surface area (Å²) in [6, 6.07) is 22.2. The number of esters is 1. The zero-order valence-corrected chi connectivity index (χ0v) is 22.4. The number of likely N-dealkylation sites (tertiary alicyclic amines) is 2. The van der Waals surface area contributed by atoms with Crippen LogP contribution in [0.3, 0.4) is 0 Å². The quantitative estimate of drug-likeness (QED) is 0.413. The molecule has 4 nitrogen and oxygen atoms in total. The van der Waals surface area contributed by atoms with Crippen molar-refractivity contribution in [1.82, 2.24) is 9.80 Å². The lowest BCUT2D eigenvalue weighted by Gasteiger charge is -2.62. The molecule has 2 aliphatic heterocycles. The number of rotatable bonds is 7. The fraction of sp³-hybridized carbons (Fsp3) is 0.606. The first-order chi connectivity index (χ1) is 18.2. The predicted octanol–water partition coefficient (Wildman–Crippen LogP) is 6.38. The number of fused-ring (bicyclic) bond motifs is 3. The molecule has 3 atom stereocenters. The molecule has 3 saturated carbocycles. The van der Waals surface area contributed by atoms with Gasteiger partial charge in [0.1, 0.15) is 6.10 Å². The van der Waals surface area contributed by atoms with Crippen LogP contribution in [-0.4, -0.2) is 60.1 Å². The highest BCUT2D eigenvalue weighted by atomic mass is 16.5. The van der Waals surface area contributed by atoms with Crippen LogP contribution in [0, 0.1) is 5.92 Å². The second kappa shape index (κ2) is 11.3. The second-order valence-corrected chi connectivity index (χ2v) is 12.2. The standard InChI is InChI=1S/C33H44N2O2/c36-31(17-22-34-18-9-3-10-19-34)37-30-25-33(35-20-11-4-12-21-35)23-28(26-13-5-1-6-14-26)32(30)29(24-33)27-15-7-2-8-16-27/h1-2,5-8,13-16,28-30,32H,3-4,9-12,17-25H2/t28-,29-,30-,32?,33?/m0/s1. The van der Waals surface area contributed by atoms with Gasteiger partial charge in [-0.15, -0.1) is 0 Å². The minimum Gasteiger partial charge on any atom is -0.462 e. The van der Waals surface area contributed by atoms with Crippen molar-refractivity contribution in [2.24, 2.45) is 5.92 Å². The van der Waals surface area contributed by atoms with Gasteiger partial charge in [-0.05, 0) is 87.7 Å². The molecule has 0 spiro atoms. The van der Waals surface area contributed by atoms with Crippen LogP contribution in [0.15, 0.2) is 60.7 Å². The molecule has 0 unspecified atom stereocenters. The van der Waals surface area contributed by atoms with Crippen LogP contribution in [0.25, 0.3) is 0 Å². The SMILES string of the molecule is O=C(CCN1CCCCC1)O[C@H]1CC2(N3CCCCC3)C[C@@H](c3ccccc3)C1[C@H](c1ccccc1)C2. The number of ether oxygens (including phenoxy) is 1. The third kappa shape index (κ3) is 5.38. The maximum Gasteiger partial charge on any atom is 0.307 e. The Kier molecular flexibility index (Phi) is 7.67. The van der Waals surface area contributed by atoms with E-state index in [0.29, 0.717) is 24.2 Å². The minimum atomic E-state index is -0.0197. The van der Waals surface area contributed by atoms with Crippen LogP contribution >= 0.6 is 0 Å². The first-order valence-corrected chi connectivity index (χ1v) is 15.0. The molecule has 2 saturated heterocycles. The molecule has 2 aromatic rings. The third-order valence-corrected chi connectivity index (χ3v) is 9.99. The molecule has 0 amide bonds. The van der Waals surface area contributed by atoms with Gasteiger partial charge < -0.3 is 9.64 Å². The van der Waals surface area contributed by atoms with Crippen molar-refractivity contribution < 1.29 is 9.53 Å². The maximum atomic E-state index is 13.3. The monoisotopic (exact) mass is 500 g/mol. The van der Waals surface area contributed by atoms with Gasteiger partial charge in [0.25, 0.3) is 0 Å². The molecule has 2 heterocycles. The normalized spacial score (nSPS) is 32.8. The highest BCUT2D eigenvalue weighted by Gasteiger charge is 2.59.